The van der Waals surface area contributed by atoms with Crippen LogP contribution in [-0.2, 0) is 37.3 Å². The Morgan fingerprint density at radius 1 is 1.12 bits per heavy atom. The molecule has 260 valence electrons. The molecular weight excluding hydrogens is 663 g/mol. The summed E-state index contributed by atoms with van der Waals surface area (Å²) in [6.45, 7) is 6.68. The molecule has 0 spiro atoms. The SMILES string of the molecule is Cc1nc(COc2ccc(C[C@H](NC(=O)O[C@H]3CO[C@H]4OCC[C@H]43)[C@@H](O)CN(CC(C)C)S(=O)(=O)c3ccc4c(c3)OCO4)cc2)cs1. The summed E-state index contributed by atoms with van der Waals surface area (Å²) in [4.78, 5) is 17.7. The Bertz CT molecular complexity index is 1670. The quantitative estimate of drug-likeness (QED) is 0.252. The molecule has 2 saturated heterocycles. The van der Waals surface area contributed by atoms with Gasteiger partial charge >= 0.3 is 6.09 Å². The van der Waals surface area contributed by atoms with Gasteiger partial charge in [-0.1, -0.05) is 26.0 Å². The number of benzene rings is 2. The maximum atomic E-state index is 13.9. The van der Waals surface area contributed by atoms with Gasteiger partial charge in [-0.15, -0.1) is 11.3 Å². The molecule has 3 aromatic rings. The molecule has 5 atom stereocenters. The molecule has 2 N–H and O–H groups in total. The van der Waals surface area contributed by atoms with E-state index in [-0.39, 0.29) is 49.6 Å². The summed E-state index contributed by atoms with van der Waals surface area (Å²) in [6, 6.07) is 10.8. The third kappa shape index (κ3) is 8.21. The summed E-state index contributed by atoms with van der Waals surface area (Å²) in [5.41, 5.74) is 1.64. The molecule has 13 nitrogen and oxygen atoms in total. The number of aryl methyl sites for hydroxylation is 1. The molecule has 0 bridgehead atoms. The van der Waals surface area contributed by atoms with Crippen molar-refractivity contribution in [3.63, 3.8) is 0 Å². The standard InChI is InChI=1S/C33H41N3O10S2/c1-20(2)14-36(48(39,40)25-8-9-29-30(13-25)45-19-44-29)15-28(37)27(35-33(38)46-31-17-43-32-26(31)10-11-41-32)12-22-4-6-24(7-5-22)42-16-23-18-47-21(3)34-23/h4-9,13,18,20,26-28,31-32,37H,10-12,14-17,19H2,1-3H3,(H,35,38)/t26-,27-,28-,31-,32+/m0/s1. The maximum Gasteiger partial charge on any atom is 0.407 e. The molecule has 2 aromatic carbocycles. The van der Waals surface area contributed by atoms with Gasteiger partial charge in [0, 0.05) is 24.5 Å². The number of nitrogens with zero attached hydrogens (tertiary/aromatic N) is 2. The predicted octanol–water partition coefficient (Wildman–Crippen LogP) is 3.87. The molecule has 1 aromatic heterocycles. The minimum atomic E-state index is -4.07. The van der Waals surface area contributed by atoms with Crippen molar-refractivity contribution in [1.82, 2.24) is 14.6 Å². The molecule has 1 amide bonds. The number of hydrogen-bond acceptors (Lipinski definition) is 12. The van der Waals surface area contributed by atoms with Crippen LogP contribution >= 0.6 is 11.3 Å². The number of thiazole rings is 1. The molecule has 0 saturated carbocycles. The molecule has 48 heavy (non-hydrogen) atoms. The summed E-state index contributed by atoms with van der Waals surface area (Å²) < 4.78 is 62.6. The van der Waals surface area contributed by atoms with Gasteiger partial charge in [0.15, 0.2) is 17.8 Å². The third-order valence-electron chi connectivity index (χ3n) is 8.38. The van der Waals surface area contributed by atoms with Gasteiger partial charge in [-0.2, -0.15) is 4.31 Å². The van der Waals surface area contributed by atoms with Gasteiger partial charge in [-0.25, -0.2) is 18.2 Å². The van der Waals surface area contributed by atoms with Crippen LogP contribution in [-0.4, -0.2) is 86.5 Å². The van der Waals surface area contributed by atoms with Crippen LogP contribution in [0.5, 0.6) is 17.2 Å². The molecule has 15 heteroatoms. The minimum absolute atomic E-state index is 0.0106. The zero-order valence-electron chi connectivity index (χ0n) is 27.1. The van der Waals surface area contributed by atoms with Gasteiger partial charge < -0.3 is 38.8 Å². The zero-order valence-corrected chi connectivity index (χ0v) is 28.7. The van der Waals surface area contributed by atoms with E-state index in [1.165, 1.54) is 16.4 Å². The van der Waals surface area contributed by atoms with E-state index >= 15 is 0 Å². The fourth-order valence-electron chi connectivity index (χ4n) is 5.96. The first-order chi connectivity index (χ1) is 23.0. The number of aliphatic hydroxyl groups is 1. The first-order valence-corrected chi connectivity index (χ1v) is 18.3. The first-order valence-electron chi connectivity index (χ1n) is 16.0. The Hall–Kier alpha value is -3.47. The Balaban J connectivity index is 1.18. The van der Waals surface area contributed by atoms with E-state index in [9.17, 15) is 18.3 Å². The molecule has 2 fully saturated rings. The van der Waals surface area contributed by atoms with Crippen molar-refractivity contribution in [2.24, 2.45) is 11.8 Å². The van der Waals surface area contributed by atoms with Gasteiger partial charge in [0.1, 0.15) is 18.5 Å². The number of aliphatic hydroxyl groups excluding tert-OH is 1. The van der Waals surface area contributed by atoms with E-state index in [1.54, 1.807) is 17.4 Å². The second kappa shape index (κ2) is 15.0. The number of carbonyl (C=O) groups excluding carboxylic acids is 1. The van der Waals surface area contributed by atoms with Crippen molar-refractivity contribution in [3.8, 4) is 17.2 Å². The largest absolute Gasteiger partial charge is 0.487 e. The maximum absolute atomic E-state index is 13.9. The van der Waals surface area contributed by atoms with Gasteiger partial charge in [-0.3, -0.25) is 0 Å². The lowest BCUT2D eigenvalue weighted by Crippen LogP contribution is -2.51. The van der Waals surface area contributed by atoms with Gasteiger partial charge in [0.2, 0.25) is 16.8 Å². The zero-order chi connectivity index (χ0) is 33.8. The van der Waals surface area contributed by atoms with Crippen LogP contribution in [0.1, 0.15) is 36.5 Å². The summed E-state index contributed by atoms with van der Waals surface area (Å²) in [5.74, 6) is 1.32. The number of ether oxygens (including phenoxy) is 6. The topological polar surface area (TPSA) is 155 Å². The summed E-state index contributed by atoms with van der Waals surface area (Å²) in [7, 11) is -4.07. The van der Waals surface area contributed by atoms with Gasteiger partial charge in [-0.05, 0) is 55.5 Å². The number of fused-ring (bicyclic) bond motifs is 2. The van der Waals surface area contributed by atoms with Crippen molar-refractivity contribution in [1.29, 1.82) is 0 Å². The Morgan fingerprint density at radius 3 is 2.67 bits per heavy atom. The molecular formula is C33H41N3O10S2. The van der Waals surface area contributed by atoms with E-state index < -0.39 is 40.7 Å². The van der Waals surface area contributed by atoms with Crippen molar-refractivity contribution in [2.75, 3.05) is 33.1 Å². The van der Waals surface area contributed by atoms with Crippen LogP contribution in [0.15, 0.2) is 52.7 Å². The van der Waals surface area contributed by atoms with Crippen LogP contribution in [0, 0.1) is 18.8 Å². The highest BCUT2D eigenvalue weighted by Gasteiger charge is 2.44. The monoisotopic (exact) mass is 703 g/mol. The van der Waals surface area contributed by atoms with Crippen LogP contribution in [0.25, 0.3) is 0 Å². The second-order valence-corrected chi connectivity index (χ2v) is 15.5. The van der Waals surface area contributed by atoms with Crippen LogP contribution in [0.4, 0.5) is 4.79 Å². The molecule has 3 aliphatic heterocycles. The van der Waals surface area contributed by atoms with E-state index in [0.717, 1.165) is 16.3 Å². The number of sulfonamides is 1. The number of nitrogens with one attached hydrogen (secondary N) is 1. The fraction of sp³-hybridized carbons (Fsp3) is 0.515. The van der Waals surface area contributed by atoms with Gasteiger partial charge in [0.25, 0.3) is 0 Å². The highest BCUT2D eigenvalue weighted by atomic mass is 32.2. The predicted molar refractivity (Wildman–Crippen MR) is 174 cm³/mol. The molecule has 0 unspecified atom stereocenters. The number of alkyl carbamates (subject to hydrolysis) is 1. The lowest BCUT2D eigenvalue weighted by atomic mass is 10.0. The first kappa shape index (κ1) is 34.4. The van der Waals surface area contributed by atoms with E-state index in [2.05, 4.69) is 10.3 Å². The number of aromatic nitrogens is 1. The number of hydrogen-bond donors (Lipinski definition) is 2. The lowest BCUT2D eigenvalue weighted by Gasteiger charge is -2.31. The fourth-order valence-corrected chi connectivity index (χ4v) is 8.20. The molecule has 6 rings (SSSR count). The van der Waals surface area contributed by atoms with E-state index in [4.69, 9.17) is 28.4 Å². The Kier molecular flexibility index (Phi) is 10.7. The minimum Gasteiger partial charge on any atom is -0.487 e. The molecule has 4 heterocycles. The van der Waals surface area contributed by atoms with Crippen LogP contribution in [0.3, 0.4) is 0 Å². The average Bonchev–Trinajstić information content (AvgIpc) is 3.86. The van der Waals surface area contributed by atoms with Crippen LogP contribution < -0.4 is 19.5 Å². The van der Waals surface area contributed by atoms with E-state index in [1.807, 2.05) is 50.4 Å². The highest BCUT2D eigenvalue weighted by Crippen LogP contribution is 2.35. The average molecular weight is 704 g/mol. The van der Waals surface area contributed by atoms with Crippen molar-refractivity contribution >= 4 is 27.5 Å². The van der Waals surface area contributed by atoms with Crippen molar-refractivity contribution in [2.45, 2.75) is 69.7 Å². The summed E-state index contributed by atoms with van der Waals surface area (Å²) in [6.07, 6.45) is -2.00. The molecule has 3 aliphatic rings. The lowest BCUT2D eigenvalue weighted by molar-refractivity contribution is -0.0907. The second-order valence-electron chi connectivity index (χ2n) is 12.5. The molecule has 0 aliphatic carbocycles. The number of amides is 1. The normalized spacial score (nSPS) is 21.3. The van der Waals surface area contributed by atoms with E-state index in [0.29, 0.717) is 36.9 Å². The third-order valence-corrected chi connectivity index (χ3v) is 11.0. The van der Waals surface area contributed by atoms with Crippen molar-refractivity contribution < 1.29 is 46.7 Å². The number of rotatable bonds is 14. The Morgan fingerprint density at radius 2 is 1.92 bits per heavy atom. The summed E-state index contributed by atoms with van der Waals surface area (Å²) >= 11 is 1.56. The molecule has 0 radical (unpaired) electrons. The van der Waals surface area contributed by atoms with Gasteiger partial charge in [0.05, 0.1) is 46.9 Å². The highest BCUT2D eigenvalue weighted by molar-refractivity contribution is 7.89. The van der Waals surface area contributed by atoms with Crippen LogP contribution in [0.2, 0.25) is 0 Å². The Labute approximate surface area is 284 Å². The summed E-state index contributed by atoms with van der Waals surface area (Å²) in [5, 5.41) is 17.4. The van der Waals surface area contributed by atoms with Crippen molar-refractivity contribution in [3.05, 3.63) is 64.1 Å². The number of carbonyl (C=O) groups is 1. The smallest absolute Gasteiger partial charge is 0.407 e.